The third-order valence-corrected chi connectivity index (χ3v) is 2.94. The van der Waals surface area contributed by atoms with Crippen LogP contribution >= 0.6 is 15.9 Å². The average Bonchev–Trinajstić information content (AvgIpc) is 2.13. The Kier molecular flexibility index (Phi) is 3.15. The fourth-order valence-electron chi connectivity index (χ4n) is 1.51. The average molecular weight is 257 g/mol. The van der Waals surface area contributed by atoms with Gasteiger partial charge in [0.05, 0.1) is 11.8 Å². The van der Waals surface area contributed by atoms with Crippen LogP contribution in [0.15, 0.2) is 22.8 Å². The van der Waals surface area contributed by atoms with Gasteiger partial charge in [0.25, 0.3) is 0 Å². The largest absolute Gasteiger partial charge is 0.393 e. The highest BCUT2D eigenvalue weighted by Crippen LogP contribution is 2.19. The lowest BCUT2D eigenvalue weighted by Gasteiger charge is -2.32. The van der Waals surface area contributed by atoms with Crippen LogP contribution in [-0.4, -0.2) is 22.2 Å². The second-order valence-corrected chi connectivity index (χ2v) is 4.59. The Bertz CT molecular complexity index is 295. The summed E-state index contributed by atoms with van der Waals surface area (Å²) < 4.78 is 1.00. The predicted molar refractivity (Wildman–Crippen MR) is 57.8 cm³/mol. The van der Waals surface area contributed by atoms with Crippen molar-refractivity contribution in [3.05, 3.63) is 28.5 Å². The summed E-state index contributed by atoms with van der Waals surface area (Å²) in [6.07, 6.45) is 3.45. The quantitative estimate of drug-likeness (QED) is 0.861. The van der Waals surface area contributed by atoms with E-state index < -0.39 is 0 Å². The van der Waals surface area contributed by atoms with Gasteiger partial charge in [0.15, 0.2) is 0 Å². The molecule has 0 bridgehead atoms. The minimum Gasteiger partial charge on any atom is -0.393 e. The van der Waals surface area contributed by atoms with Crippen LogP contribution in [0.2, 0.25) is 0 Å². The van der Waals surface area contributed by atoms with E-state index in [0.717, 1.165) is 29.6 Å². The van der Waals surface area contributed by atoms with Gasteiger partial charge in [-0.15, -0.1) is 0 Å². The molecular formula is C10H13BrN2O. The van der Waals surface area contributed by atoms with Gasteiger partial charge in [-0.1, -0.05) is 0 Å². The fourth-order valence-corrected chi connectivity index (χ4v) is 1.75. The number of halogens is 1. The highest BCUT2D eigenvalue weighted by molar-refractivity contribution is 9.10. The van der Waals surface area contributed by atoms with E-state index in [-0.39, 0.29) is 6.10 Å². The zero-order valence-electron chi connectivity index (χ0n) is 7.78. The standard InChI is InChI=1S/C10H13BrN2O/c11-7-1-2-8(12-5-7)6-13-9-3-10(14)4-9/h1-2,5,9-10,13-14H,3-4,6H2. The molecule has 2 rings (SSSR count). The molecule has 3 nitrogen and oxygen atoms in total. The number of hydrogen-bond donors (Lipinski definition) is 2. The Morgan fingerprint density at radius 2 is 2.29 bits per heavy atom. The molecule has 1 heterocycles. The van der Waals surface area contributed by atoms with E-state index in [4.69, 9.17) is 5.11 Å². The number of rotatable bonds is 3. The molecule has 1 saturated carbocycles. The van der Waals surface area contributed by atoms with Gasteiger partial charge in [-0.3, -0.25) is 4.98 Å². The van der Waals surface area contributed by atoms with Gasteiger partial charge in [0.2, 0.25) is 0 Å². The lowest BCUT2D eigenvalue weighted by Crippen LogP contribution is -2.43. The molecule has 14 heavy (non-hydrogen) atoms. The predicted octanol–water partition coefficient (Wildman–Crippen LogP) is 1.46. The molecule has 76 valence electrons. The second-order valence-electron chi connectivity index (χ2n) is 3.67. The topological polar surface area (TPSA) is 45.1 Å². The van der Waals surface area contributed by atoms with Crippen molar-refractivity contribution in [2.75, 3.05) is 0 Å². The molecule has 0 aromatic carbocycles. The molecule has 0 aliphatic heterocycles. The summed E-state index contributed by atoms with van der Waals surface area (Å²) in [6, 6.07) is 4.45. The van der Waals surface area contributed by atoms with E-state index >= 15 is 0 Å². The van der Waals surface area contributed by atoms with E-state index in [2.05, 4.69) is 26.2 Å². The van der Waals surface area contributed by atoms with Crippen molar-refractivity contribution in [3.63, 3.8) is 0 Å². The number of aliphatic hydroxyl groups excluding tert-OH is 1. The molecular weight excluding hydrogens is 244 g/mol. The first kappa shape index (κ1) is 10.1. The lowest BCUT2D eigenvalue weighted by molar-refractivity contribution is 0.0618. The number of nitrogens with zero attached hydrogens (tertiary/aromatic N) is 1. The third kappa shape index (κ3) is 2.53. The van der Waals surface area contributed by atoms with Gasteiger partial charge >= 0.3 is 0 Å². The van der Waals surface area contributed by atoms with E-state index in [1.807, 2.05) is 12.1 Å². The maximum absolute atomic E-state index is 9.09. The Labute approximate surface area is 91.7 Å². The van der Waals surface area contributed by atoms with Gasteiger partial charge in [-0.25, -0.2) is 0 Å². The fraction of sp³-hybridized carbons (Fsp3) is 0.500. The number of aromatic nitrogens is 1. The Morgan fingerprint density at radius 3 is 2.86 bits per heavy atom. The van der Waals surface area contributed by atoms with Crippen molar-refractivity contribution in [1.82, 2.24) is 10.3 Å². The summed E-state index contributed by atoms with van der Waals surface area (Å²) in [7, 11) is 0. The number of aliphatic hydroxyl groups is 1. The molecule has 0 radical (unpaired) electrons. The third-order valence-electron chi connectivity index (χ3n) is 2.47. The van der Waals surface area contributed by atoms with Gasteiger partial charge in [-0.05, 0) is 40.9 Å². The molecule has 0 atom stereocenters. The van der Waals surface area contributed by atoms with Gasteiger partial charge in [0.1, 0.15) is 0 Å². The number of pyridine rings is 1. The van der Waals surface area contributed by atoms with Crippen molar-refractivity contribution in [2.24, 2.45) is 0 Å². The van der Waals surface area contributed by atoms with Crippen molar-refractivity contribution in [3.8, 4) is 0 Å². The zero-order valence-corrected chi connectivity index (χ0v) is 9.37. The molecule has 0 spiro atoms. The van der Waals surface area contributed by atoms with Gasteiger partial charge in [-0.2, -0.15) is 0 Å². The van der Waals surface area contributed by atoms with Gasteiger partial charge < -0.3 is 10.4 Å². The van der Waals surface area contributed by atoms with Crippen LogP contribution in [0.1, 0.15) is 18.5 Å². The second kappa shape index (κ2) is 4.38. The Morgan fingerprint density at radius 1 is 1.50 bits per heavy atom. The van der Waals surface area contributed by atoms with Crippen molar-refractivity contribution in [1.29, 1.82) is 0 Å². The summed E-state index contributed by atoms with van der Waals surface area (Å²) in [5.41, 5.74) is 1.04. The van der Waals surface area contributed by atoms with E-state index in [1.165, 1.54) is 0 Å². The van der Waals surface area contributed by atoms with Crippen LogP contribution in [-0.2, 0) is 6.54 Å². The van der Waals surface area contributed by atoms with Crippen molar-refractivity contribution in [2.45, 2.75) is 31.5 Å². The first-order chi connectivity index (χ1) is 6.74. The molecule has 1 aromatic rings. The number of hydrogen-bond acceptors (Lipinski definition) is 3. The molecule has 0 saturated heterocycles. The minimum atomic E-state index is -0.0922. The summed E-state index contributed by atoms with van der Waals surface area (Å²) in [5, 5.41) is 12.4. The van der Waals surface area contributed by atoms with E-state index in [9.17, 15) is 0 Å². The van der Waals surface area contributed by atoms with Crippen molar-refractivity contribution >= 4 is 15.9 Å². The molecule has 1 aliphatic rings. The maximum atomic E-state index is 9.09. The summed E-state index contributed by atoms with van der Waals surface area (Å²) >= 11 is 3.34. The normalized spacial score (nSPS) is 25.9. The highest BCUT2D eigenvalue weighted by atomic mass is 79.9. The van der Waals surface area contributed by atoms with Crippen LogP contribution < -0.4 is 5.32 Å². The molecule has 1 fully saturated rings. The smallest absolute Gasteiger partial charge is 0.0570 e. The summed E-state index contributed by atoms with van der Waals surface area (Å²) in [4.78, 5) is 4.26. The van der Waals surface area contributed by atoms with Crippen LogP contribution in [0.3, 0.4) is 0 Å². The first-order valence-electron chi connectivity index (χ1n) is 4.76. The van der Waals surface area contributed by atoms with E-state index in [0.29, 0.717) is 6.04 Å². The first-order valence-corrected chi connectivity index (χ1v) is 5.55. The van der Waals surface area contributed by atoms with Gasteiger partial charge in [0, 0.05) is 23.3 Å². The zero-order chi connectivity index (χ0) is 9.97. The van der Waals surface area contributed by atoms with Crippen LogP contribution in [0.25, 0.3) is 0 Å². The van der Waals surface area contributed by atoms with E-state index in [1.54, 1.807) is 6.20 Å². The minimum absolute atomic E-state index is 0.0922. The SMILES string of the molecule is OC1CC(NCc2ccc(Br)cn2)C1. The Balaban J connectivity index is 1.78. The monoisotopic (exact) mass is 256 g/mol. The summed E-state index contributed by atoms with van der Waals surface area (Å²) in [6.45, 7) is 0.782. The molecule has 0 unspecified atom stereocenters. The lowest BCUT2D eigenvalue weighted by atomic mass is 9.89. The van der Waals surface area contributed by atoms with Crippen LogP contribution in [0.4, 0.5) is 0 Å². The van der Waals surface area contributed by atoms with Crippen LogP contribution in [0.5, 0.6) is 0 Å². The maximum Gasteiger partial charge on any atom is 0.0570 e. The molecule has 0 amide bonds. The molecule has 4 heteroatoms. The number of nitrogens with one attached hydrogen (secondary N) is 1. The summed E-state index contributed by atoms with van der Waals surface area (Å²) in [5.74, 6) is 0. The highest BCUT2D eigenvalue weighted by Gasteiger charge is 2.26. The Hall–Kier alpha value is -0.450. The molecule has 2 N–H and O–H groups in total. The molecule has 1 aromatic heterocycles. The van der Waals surface area contributed by atoms with Crippen LogP contribution in [0, 0.1) is 0 Å². The van der Waals surface area contributed by atoms with Crippen molar-refractivity contribution < 1.29 is 5.11 Å². The molecule has 1 aliphatic carbocycles.